The Morgan fingerprint density at radius 3 is 2.86 bits per heavy atom. The Balaban J connectivity index is 1.69. The van der Waals surface area contributed by atoms with Gasteiger partial charge in [0.05, 0.1) is 29.0 Å². The molecule has 0 aromatic carbocycles. The average molecular weight is 499 g/mol. The van der Waals surface area contributed by atoms with E-state index in [1.165, 1.54) is 6.07 Å². The summed E-state index contributed by atoms with van der Waals surface area (Å²) in [6.45, 7) is 1.88. The standard InChI is InChI=1S/C17H19BrN6O3S2/c1-11(9-25)22-16-14(18)8-20-17(24-16)23-13-6-15(28-10-13)29(26,27)21-7-12-4-2-3-5-19-12/h2-6,8,10-11,21,25H,7,9H2,1H3,(H2,20,22,23,24)/t11-/m1/s1. The largest absolute Gasteiger partial charge is 0.394 e. The molecule has 3 heterocycles. The van der Waals surface area contributed by atoms with Crippen LogP contribution in [0.4, 0.5) is 17.5 Å². The Labute approximate surface area is 180 Å². The SMILES string of the molecule is C[C@H](CO)Nc1nc(Nc2csc(S(=O)(=O)NCc3ccccn3)c2)ncc1Br. The maximum atomic E-state index is 12.5. The van der Waals surface area contributed by atoms with Crippen molar-refractivity contribution in [2.45, 2.75) is 23.7 Å². The molecule has 0 saturated heterocycles. The highest BCUT2D eigenvalue weighted by atomic mass is 79.9. The summed E-state index contributed by atoms with van der Waals surface area (Å²) < 4.78 is 28.3. The van der Waals surface area contributed by atoms with E-state index in [2.05, 4.69) is 46.2 Å². The summed E-state index contributed by atoms with van der Waals surface area (Å²) in [5.41, 5.74) is 1.18. The highest BCUT2D eigenvalue weighted by Gasteiger charge is 2.17. The summed E-state index contributed by atoms with van der Waals surface area (Å²) >= 11 is 4.44. The van der Waals surface area contributed by atoms with E-state index in [9.17, 15) is 13.5 Å². The smallest absolute Gasteiger partial charge is 0.250 e. The number of sulfonamides is 1. The van der Waals surface area contributed by atoms with Crippen molar-refractivity contribution in [3.8, 4) is 0 Å². The van der Waals surface area contributed by atoms with E-state index >= 15 is 0 Å². The molecule has 29 heavy (non-hydrogen) atoms. The maximum absolute atomic E-state index is 12.5. The van der Waals surface area contributed by atoms with Crippen LogP contribution in [0.15, 0.2) is 50.7 Å². The van der Waals surface area contributed by atoms with Gasteiger partial charge in [-0.25, -0.2) is 18.1 Å². The van der Waals surface area contributed by atoms with Crippen molar-refractivity contribution in [1.82, 2.24) is 19.7 Å². The van der Waals surface area contributed by atoms with Gasteiger partial charge in [-0.05, 0) is 41.1 Å². The van der Waals surface area contributed by atoms with Crippen LogP contribution < -0.4 is 15.4 Å². The predicted octanol–water partition coefficient (Wildman–Crippen LogP) is 2.71. The molecule has 3 aromatic heterocycles. The molecule has 0 amide bonds. The van der Waals surface area contributed by atoms with Gasteiger partial charge in [-0.15, -0.1) is 11.3 Å². The van der Waals surface area contributed by atoms with Gasteiger partial charge >= 0.3 is 0 Å². The molecule has 0 radical (unpaired) electrons. The van der Waals surface area contributed by atoms with Crippen molar-refractivity contribution in [3.63, 3.8) is 0 Å². The van der Waals surface area contributed by atoms with Crippen LogP contribution in [-0.4, -0.2) is 41.1 Å². The van der Waals surface area contributed by atoms with Crippen LogP contribution >= 0.6 is 27.3 Å². The number of aromatic nitrogens is 3. The normalized spacial score (nSPS) is 12.5. The molecule has 0 bridgehead atoms. The van der Waals surface area contributed by atoms with Crippen LogP contribution in [0.2, 0.25) is 0 Å². The first-order chi connectivity index (χ1) is 13.9. The minimum absolute atomic E-state index is 0.0452. The second-order valence-electron chi connectivity index (χ2n) is 6.04. The Morgan fingerprint density at radius 1 is 1.31 bits per heavy atom. The molecule has 3 rings (SSSR count). The zero-order valence-electron chi connectivity index (χ0n) is 15.3. The van der Waals surface area contributed by atoms with Gasteiger partial charge in [-0.3, -0.25) is 4.98 Å². The van der Waals surface area contributed by atoms with E-state index < -0.39 is 10.0 Å². The van der Waals surface area contributed by atoms with Gasteiger partial charge in [0.2, 0.25) is 16.0 Å². The minimum Gasteiger partial charge on any atom is -0.394 e. The molecule has 0 aliphatic carbocycles. The summed E-state index contributed by atoms with van der Waals surface area (Å²) in [6, 6.07) is 6.65. The summed E-state index contributed by atoms with van der Waals surface area (Å²) in [5, 5.41) is 16.9. The molecule has 0 aliphatic heterocycles. The van der Waals surface area contributed by atoms with Crippen molar-refractivity contribution in [1.29, 1.82) is 0 Å². The third-order valence-corrected chi connectivity index (χ3v) is 7.09. The fourth-order valence-electron chi connectivity index (χ4n) is 2.20. The Bertz CT molecular complexity index is 1060. The zero-order valence-corrected chi connectivity index (χ0v) is 18.6. The van der Waals surface area contributed by atoms with E-state index in [0.29, 0.717) is 27.6 Å². The van der Waals surface area contributed by atoms with Crippen LogP contribution in [0.3, 0.4) is 0 Å². The summed E-state index contributed by atoms with van der Waals surface area (Å²) in [5.74, 6) is 0.813. The molecule has 0 aliphatic rings. The number of aliphatic hydroxyl groups excluding tert-OH is 1. The number of pyridine rings is 1. The van der Waals surface area contributed by atoms with Crippen molar-refractivity contribution in [3.05, 3.63) is 52.2 Å². The lowest BCUT2D eigenvalue weighted by Crippen LogP contribution is -2.22. The van der Waals surface area contributed by atoms with E-state index in [0.717, 1.165) is 11.3 Å². The number of halogens is 1. The number of hydrogen-bond donors (Lipinski definition) is 4. The third kappa shape index (κ3) is 5.93. The van der Waals surface area contributed by atoms with Gasteiger partial charge < -0.3 is 15.7 Å². The first kappa shape index (κ1) is 21.6. The van der Waals surface area contributed by atoms with Gasteiger partial charge in [0.15, 0.2) is 0 Å². The maximum Gasteiger partial charge on any atom is 0.250 e. The van der Waals surface area contributed by atoms with E-state index in [4.69, 9.17) is 0 Å². The number of rotatable bonds is 9. The van der Waals surface area contributed by atoms with Crippen molar-refractivity contribution in [2.24, 2.45) is 0 Å². The van der Waals surface area contributed by atoms with Crippen molar-refractivity contribution < 1.29 is 13.5 Å². The topological polar surface area (TPSA) is 129 Å². The fraction of sp³-hybridized carbons (Fsp3) is 0.235. The second-order valence-corrected chi connectivity index (χ2v) is 9.80. The average Bonchev–Trinajstić information content (AvgIpc) is 3.19. The van der Waals surface area contributed by atoms with Gasteiger partial charge in [-0.1, -0.05) is 6.07 Å². The number of aliphatic hydroxyl groups is 1. The molecule has 0 fully saturated rings. The van der Waals surface area contributed by atoms with E-state index in [-0.39, 0.29) is 23.4 Å². The highest BCUT2D eigenvalue weighted by molar-refractivity contribution is 9.10. The zero-order chi connectivity index (χ0) is 20.9. The van der Waals surface area contributed by atoms with Crippen molar-refractivity contribution in [2.75, 3.05) is 17.2 Å². The van der Waals surface area contributed by atoms with Gasteiger partial charge in [0, 0.05) is 23.8 Å². The molecule has 154 valence electrons. The molecule has 12 heteroatoms. The summed E-state index contributed by atoms with van der Waals surface area (Å²) in [6.07, 6.45) is 3.18. The lowest BCUT2D eigenvalue weighted by molar-refractivity contribution is 0.281. The van der Waals surface area contributed by atoms with E-state index in [1.54, 1.807) is 36.0 Å². The quantitative estimate of drug-likeness (QED) is 0.354. The lowest BCUT2D eigenvalue weighted by Gasteiger charge is -2.13. The Hall–Kier alpha value is -2.12. The minimum atomic E-state index is -3.66. The highest BCUT2D eigenvalue weighted by Crippen LogP contribution is 2.27. The molecule has 4 N–H and O–H groups in total. The molecule has 1 atom stereocenters. The van der Waals surface area contributed by atoms with Crippen LogP contribution in [0.1, 0.15) is 12.6 Å². The first-order valence-electron chi connectivity index (χ1n) is 8.52. The molecule has 9 nitrogen and oxygen atoms in total. The summed E-state index contributed by atoms with van der Waals surface area (Å²) in [7, 11) is -3.66. The number of nitrogens with zero attached hydrogens (tertiary/aromatic N) is 3. The Morgan fingerprint density at radius 2 is 2.14 bits per heavy atom. The number of nitrogens with one attached hydrogen (secondary N) is 3. The van der Waals surface area contributed by atoms with E-state index in [1.807, 2.05) is 6.92 Å². The van der Waals surface area contributed by atoms with Crippen molar-refractivity contribution >= 4 is 54.7 Å². The predicted molar refractivity (Wildman–Crippen MR) is 116 cm³/mol. The molecular weight excluding hydrogens is 480 g/mol. The molecule has 3 aromatic rings. The van der Waals surface area contributed by atoms with Gasteiger partial charge in [0.25, 0.3) is 0 Å². The van der Waals surface area contributed by atoms with Crippen LogP contribution in [-0.2, 0) is 16.6 Å². The molecule has 0 saturated carbocycles. The number of anilines is 3. The molecule has 0 spiro atoms. The summed E-state index contributed by atoms with van der Waals surface area (Å²) in [4.78, 5) is 12.6. The molecule has 0 unspecified atom stereocenters. The third-order valence-electron chi connectivity index (χ3n) is 3.67. The number of thiophene rings is 1. The monoisotopic (exact) mass is 498 g/mol. The lowest BCUT2D eigenvalue weighted by atomic mass is 10.3. The first-order valence-corrected chi connectivity index (χ1v) is 11.7. The fourth-order valence-corrected chi connectivity index (χ4v) is 4.66. The van der Waals surface area contributed by atoms with Crippen LogP contribution in [0, 0.1) is 0 Å². The van der Waals surface area contributed by atoms with Crippen LogP contribution in [0.25, 0.3) is 0 Å². The second kappa shape index (κ2) is 9.59. The number of hydrogen-bond acceptors (Lipinski definition) is 9. The molecular formula is C17H19BrN6O3S2. The van der Waals surface area contributed by atoms with Gasteiger partial charge in [0.1, 0.15) is 10.0 Å². The Kier molecular flexibility index (Phi) is 7.14. The van der Waals surface area contributed by atoms with Crippen LogP contribution in [0.5, 0.6) is 0 Å². The van der Waals surface area contributed by atoms with Gasteiger partial charge in [-0.2, -0.15) is 4.98 Å².